The van der Waals surface area contributed by atoms with Crippen molar-refractivity contribution in [1.29, 1.82) is 0 Å². The molecule has 8 heteroatoms. The van der Waals surface area contributed by atoms with Gasteiger partial charge < -0.3 is 5.32 Å². The molecule has 1 amide bonds. The molecule has 5 nitrogen and oxygen atoms in total. The molecule has 0 aliphatic carbocycles. The van der Waals surface area contributed by atoms with E-state index in [4.69, 9.17) is 11.6 Å². The minimum Gasteiger partial charge on any atom is -0.309 e. The van der Waals surface area contributed by atoms with Crippen LogP contribution >= 0.6 is 11.6 Å². The van der Waals surface area contributed by atoms with Gasteiger partial charge in [0.2, 0.25) is 5.91 Å². The van der Waals surface area contributed by atoms with Crippen LogP contribution in [0.1, 0.15) is 10.9 Å². The number of hydrogen-bond acceptors (Lipinski definition) is 3. The molecule has 0 radical (unpaired) electrons. The van der Waals surface area contributed by atoms with Crippen molar-refractivity contribution < 1.29 is 13.6 Å². The second-order valence-corrected chi connectivity index (χ2v) is 7.28. The summed E-state index contributed by atoms with van der Waals surface area (Å²) in [5.74, 6) is -0.841. The number of nitrogens with one attached hydrogen (secondary N) is 1. The molecular weight excluding hydrogens is 422 g/mol. The standard InChI is InChI=1S/C23H17ClF2N4O/c1-30-22(28-23(31)20(24)15-2-6-17(25)7-3-15)19(14-10-12-27-13-11-14)21(29-30)16-4-8-18(26)9-5-16/h2-13,20H,1H3,(H,28,31). The van der Waals surface area contributed by atoms with Crippen molar-refractivity contribution >= 4 is 23.3 Å². The summed E-state index contributed by atoms with van der Waals surface area (Å²) in [7, 11) is 1.69. The molecule has 0 saturated heterocycles. The van der Waals surface area contributed by atoms with Crippen molar-refractivity contribution in [2.75, 3.05) is 5.32 Å². The van der Waals surface area contributed by atoms with E-state index >= 15 is 0 Å². The maximum atomic E-state index is 13.4. The fraction of sp³-hybridized carbons (Fsp3) is 0.0870. The monoisotopic (exact) mass is 438 g/mol. The number of benzene rings is 2. The molecule has 0 bridgehead atoms. The Morgan fingerprint density at radius 3 is 2.13 bits per heavy atom. The fourth-order valence-electron chi connectivity index (χ4n) is 3.23. The van der Waals surface area contributed by atoms with E-state index in [9.17, 15) is 13.6 Å². The molecule has 2 heterocycles. The van der Waals surface area contributed by atoms with Crippen LogP contribution in [0.2, 0.25) is 0 Å². The number of carbonyl (C=O) groups is 1. The number of amides is 1. The second kappa shape index (κ2) is 8.65. The molecule has 4 aromatic rings. The van der Waals surface area contributed by atoms with Gasteiger partial charge in [0.1, 0.15) is 28.5 Å². The van der Waals surface area contributed by atoms with Crippen LogP contribution in [0.5, 0.6) is 0 Å². The van der Waals surface area contributed by atoms with E-state index in [-0.39, 0.29) is 5.82 Å². The number of anilines is 1. The van der Waals surface area contributed by atoms with Crippen molar-refractivity contribution in [1.82, 2.24) is 14.8 Å². The third-order valence-corrected chi connectivity index (χ3v) is 5.22. The highest BCUT2D eigenvalue weighted by Gasteiger charge is 2.24. The highest BCUT2D eigenvalue weighted by Crippen LogP contribution is 2.38. The van der Waals surface area contributed by atoms with Crippen LogP contribution in [0, 0.1) is 11.6 Å². The smallest absolute Gasteiger partial charge is 0.248 e. The van der Waals surface area contributed by atoms with Crippen LogP contribution in [0.3, 0.4) is 0 Å². The Hall–Kier alpha value is -3.58. The number of pyridine rings is 1. The van der Waals surface area contributed by atoms with E-state index in [0.29, 0.717) is 28.2 Å². The first-order chi connectivity index (χ1) is 14.9. The number of nitrogens with zero attached hydrogens (tertiary/aromatic N) is 3. The van der Waals surface area contributed by atoms with Crippen molar-refractivity contribution in [2.45, 2.75) is 5.38 Å². The first-order valence-electron chi connectivity index (χ1n) is 9.38. The van der Waals surface area contributed by atoms with Crippen molar-refractivity contribution in [3.05, 3.63) is 90.3 Å². The number of hydrogen-bond donors (Lipinski definition) is 1. The molecule has 0 saturated carbocycles. The van der Waals surface area contributed by atoms with Gasteiger partial charge in [-0.25, -0.2) is 8.78 Å². The summed E-state index contributed by atoms with van der Waals surface area (Å²) in [5, 5.41) is 6.35. The zero-order valence-corrected chi connectivity index (χ0v) is 17.1. The average Bonchev–Trinajstić information content (AvgIpc) is 3.10. The zero-order valence-electron chi connectivity index (χ0n) is 16.4. The van der Waals surface area contributed by atoms with Gasteiger partial charge in [-0.3, -0.25) is 14.5 Å². The Morgan fingerprint density at radius 1 is 0.935 bits per heavy atom. The molecular formula is C23H17ClF2N4O. The summed E-state index contributed by atoms with van der Waals surface area (Å²) in [5.41, 5.74) is 3.13. The van der Waals surface area contributed by atoms with Gasteiger partial charge in [-0.05, 0) is 59.7 Å². The summed E-state index contributed by atoms with van der Waals surface area (Å²) in [6.07, 6.45) is 3.26. The van der Waals surface area contributed by atoms with Crippen LogP contribution in [0.25, 0.3) is 22.4 Å². The zero-order chi connectivity index (χ0) is 22.0. The third kappa shape index (κ3) is 4.32. The summed E-state index contributed by atoms with van der Waals surface area (Å²) in [4.78, 5) is 16.9. The fourth-order valence-corrected chi connectivity index (χ4v) is 3.43. The predicted molar refractivity (Wildman–Crippen MR) is 115 cm³/mol. The third-order valence-electron chi connectivity index (χ3n) is 4.77. The molecule has 0 fully saturated rings. The normalized spacial score (nSPS) is 11.9. The number of alkyl halides is 1. The van der Waals surface area contributed by atoms with Crippen LogP contribution in [0.4, 0.5) is 14.6 Å². The molecule has 4 rings (SSSR count). The molecule has 0 aliphatic rings. The van der Waals surface area contributed by atoms with E-state index < -0.39 is 17.1 Å². The van der Waals surface area contributed by atoms with Crippen molar-refractivity contribution in [3.8, 4) is 22.4 Å². The van der Waals surface area contributed by atoms with Crippen LogP contribution in [0.15, 0.2) is 73.1 Å². The maximum absolute atomic E-state index is 13.4. The van der Waals surface area contributed by atoms with Gasteiger partial charge in [-0.2, -0.15) is 5.10 Å². The Morgan fingerprint density at radius 2 is 1.52 bits per heavy atom. The maximum Gasteiger partial charge on any atom is 0.248 e. The quantitative estimate of drug-likeness (QED) is 0.427. The number of aromatic nitrogens is 3. The second-order valence-electron chi connectivity index (χ2n) is 6.84. The first kappa shape index (κ1) is 20.7. The summed E-state index contributed by atoms with van der Waals surface area (Å²) >= 11 is 6.34. The number of rotatable bonds is 5. The van der Waals surface area contributed by atoms with Gasteiger partial charge in [-0.15, -0.1) is 11.6 Å². The Kier molecular flexibility index (Phi) is 5.77. The molecule has 1 atom stereocenters. The average molecular weight is 439 g/mol. The Labute approximate surface area is 182 Å². The Balaban J connectivity index is 1.76. The van der Waals surface area contributed by atoms with E-state index in [1.165, 1.54) is 41.1 Å². The lowest BCUT2D eigenvalue weighted by atomic mass is 10.0. The lowest BCUT2D eigenvalue weighted by Crippen LogP contribution is -2.19. The SMILES string of the molecule is Cn1nc(-c2ccc(F)cc2)c(-c2ccncc2)c1NC(=O)C(Cl)c1ccc(F)cc1. The molecule has 1 N–H and O–H groups in total. The number of carbonyl (C=O) groups excluding carboxylic acids is 1. The van der Waals surface area contributed by atoms with E-state index in [2.05, 4.69) is 15.4 Å². The minimum absolute atomic E-state index is 0.358. The largest absolute Gasteiger partial charge is 0.309 e. The Bertz CT molecular complexity index is 1210. The number of aryl methyl sites for hydroxylation is 1. The van der Waals surface area contributed by atoms with Crippen molar-refractivity contribution in [3.63, 3.8) is 0 Å². The van der Waals surface area contributed by atoms with Crippen LogP contribution in [-0.2, 0) is 11.8 Å². The topological polar surface area (TPSA) is 59.8 Å². The molecule has 2 aromatic carbocycles. The van der Waals surface area contributed by atoms with E-state index in [0.717, 1.165) is 5.56 Å². The van der Waals surface area contributed by atoms with E-state index in [1.54, 1.807) is 43.7 Å². The molecule has 156 valence electrons. The molecule has 31 heavy (non-hydrogen) atoms. The lowest BCUT2D eigenvalue weighted by molar-refractivity contribution is -0.116. The summed E-state index contributed by atoms with van der Waals surface area (Å²) in [6.45, 7) is 0. The van der Waals surface area contributed by atoms with Gasteiger partial charge >= 0.3 is 0 Å². The summed E-state index contributed by atoms with van der Waals surface area (Å²) < 4.78 is 28.2. The van der Waals surface area contributed by atoms with E-state index in [1.807, 2.05) is 0 Å². The van der Waals surface area contributed by atoms with Gasteiger partial charge in [0.25, 0.3) is 0 Å². The lowest BCUT2D eigenvalue weighted by Gasteiger charge is -2.13. The molecule has 0 aliphatic heterocycles. The highest BCUT2D eigenvalue weighted by molar-refractivity contribution is 6.32. The van der Waals surface area contributed by atoms with Crippen LogP contribution < -0.4 is 5.32 Å². The predicted octanol–water partition coefficient (Wildman–Crippen LogP) is 5.35. The van der Waals surface area contributed by atoms with Gasteiger partial charge in [-0.1, -0.05) is 12.1 Å². The van der Waals surface area contributed by atoms with Gasteiger partial charge in [0.15, 0.2) is 0 Å². The highest BCUT2D eigenvalue weighted by atomic mass is 35.5. The van der Waals surface area contributed by atoms with Crippen molar-refractivity contribution in [2.24, 2.45) is 7.05 Å². The minimum atomic E-state index is -1.03. The molecule has 2 aromatic heterocycles. The van der Waals surface area contributed by atoms with Gasteiger partial charge in [0.05, 0.1) is 5.56 Å². The molecule has 0 spiro atoms. The molecule has 1 unspecified atom stereocenters. The van der Waals surface area contributed by atoms with Crippen LogP contribution in [-0.4, -0.2) is 20.7 Å². The van der Waals surface area contributed by atoms with Gasteiger partial charge in [0, 0.05) is 25.0 Å². The first-order valence-corrected chi connectivity index (χ1v) is 9.81. The number of halogens is 3. The summed E-state index contributed by atoms with van der Waals surface area (Å²) in [6, 6.07) is 14.9.